The van der Waals surface area contributed by atoms with Crippen LogP contribution < -0.4 is 10.1 Å². The monoisotopic (exact) mass is 264 g/mol. The lowest BCUT2D eigenvalue weighted by atomic mass is 10.0. The van der Waals surface area contributed by atoms with Gasteiger partial charge in [0, 0.05) is 19.1 Å². The third-order valence-corrected chi connectivity index (χ3v) is 3.69. The summed E-state index contributed by atoms with van der Waals surface area (Å²) in [6, 6.07) is 0.505. The molecule has 0 atom stereocenters. The van der Waals surface area contributed by atoms with Crippen molar-refractivity contribution in [3.63, 3.8) is 0 Å². The largest absolute Gasteiger partial charge is 0.478 e. The minimum Gasteiger partial charge on any atom is -0.478 e. The summed E-state index contributed by atoms with van der Waals surface area (Å²) in [6.45, 7) is 10.3. The van der Waals surface area contributed by atoms with E-state index >= 15 is 0 Å². The van der Waals surface area contributed by atoms with Gasteiger partial charge in [-0.25, -0.2) is 9.97 Å². The third kappa shape index (κ3) is 3.56. The zero-order valence-corrected chi connectivity index (χ0v) is 12.1. The number of likely N-dealkylation sites (tertiary alicyclic amines) is 1. The summed E-state index contributed by atoms with van der Waals surface area (Å²) in [4.78, 5) is 11.0. The van der Waals surface area contributed by atoms with Gasteiger partial charge in [0.25, 0.3) is 0 Å². The van der Waals surface area contributed by atoms with Gasteiger partial charge in [0.15, 0.2) is 0 Å². The van der Waals surface area contributed by atoms with Crippen LogP contribution in [-0.2, 0) is 0 Å². The molecule has 1 aliphatic heterocycles. The maximum Gasteiger partial charge on any atom is 0.221 e. The number of nitrogens with zero attached hydrogens (tertiary/aromatic N) is 3. The Kier molecular flexibility index (Phi) is 4.96. The number of hydrogen-bond donors (Lipinski definition) is 1. The molecule has 1 N–H and O–H groups in total. The van der Waals surface area contributed by atoms with Gasteiger partial charge in [-0.3, -0.25) is 0 Å². The molecule has 0 spiro atoms. The Bertz CT molecular complexity index is 402. The molecule has 0 bridgehead atoms. The van der Waals surface area contributed by atoms with Crippen molar-refractivity contribution < 1.29 is 4.74 Å². The molecule has 2 rings (SSSR count). The molecule has 5 heteroatoms. The number of anilines is 1. The molecule has 0 unspecified atom stereocenters. The van der Waals surface area contributed by atoms with Crippen LogP contribution in [0.2, 0.25) is 0 Å². The van der Waals surface area contributed by atoms with Crippen LogP contribution in [-0.4, -0.2) is 47.2 Å². The zero-order valence-electron chi connectivity index (χ0n) is 12.1. The molecule has 106 valence electrons. The number of hydrogen-bond acceptors (Lipinski definition) is 5. The average Bonchev–Trinajstić information content (AvgIpc) is 2.44. The first-order chi connectivity index (χ1) is 9.24. The Morgan fingerprint density at radius 2 is 2.05 bits per heavy atom. The van der Waals surface area contributed by atoms with Crippen molar-refractivity contribution >= 4 is 5.82 Å². The van der Waals surface area contributed by atoms with Crippen molar-refractivity contribution in [2.24, 2.45) is 0 Å². The van der Waals surface area contributed by atoms with E-state index in [4.69, 9.17) is 4.74 Å². The highest BCUT2D eigenvalue weighted by Gasteiger charge is 2.19. The van der Waals surface area contributed by atoms with Gasteiger partial charge < -0.3 is 15.0 Å². The Balaban J connectivity index is 1.98. The lowest BCUT2D eigenvalue weighted by molar-refractivity contribution is 0.229. The SMILES string of the molecule is CCOc1ncnc(NC2CCN(CC)CC2)c1C. The van der Waals surface area contributed by atoms with Crippen molar-refractivity contribution in [1.29, 1.82) is 0 Å². The number of nitrogens with one attached hydrogen (secondary N) is 1. The first kappa shape index (κ1) is 14.1. The Labute approximate surface area is 115 Å². The van der Waals surface area contributed by atoms with Gasteiger partial charge in [0.2, 0.25) is 5.88 Å². The Morgan fingerprint density at radius 1 is 1.32 bits per heavy atom. The van der Waals surface area contributed by atoms with E-state index < -0.39 is 0 Å². The molecule has 0 aromatic carbocycles. The van der Waals surface area contributed by atoms with E-state index in [1.165, 1.54) is 12.8 Å². The number of piperidine rings is 1. The summed E-state index contributed by atoms with van der Waals surface area (Å²) in [5, 5.41) is 3.53. The van der Waals surface area contributed by atoms with Crippen LogP contribution in [0.5, 0.6) is 5.88 Å². The molecule has 0 aliphatic carbocycles. The van der Waals surface area contributed by atoms with Crippen LogP contribution in [0.25, 0.3) is 0 Å². The van der Waals surface area contributed by atoms with E-state index in [9.17, 15) is 0 Å². The second-order valence-corrected chi connectivity index (χ2v) is 4.94. The van der Waals surface area contributed by atoms with Crippen LogP contribution in [0.1, 0.15) is 32.3 Å². The van der Waals surface area contributed by atoms with E-state index in [-0.39, 0.29) is 0 Å². The van der Waals surface area contributed by atoms with Crippen LogP contribution in [0, 0.1) is 6.92 Å². The lowest BCUT2D eigenvalue weighted by Crippen LogP contribution is -2.39. The Hall–Kier alpha value is -1.36. The molecule has 0 radical (unpaired) electrons. The standard InChI is InChI=1S/C14H24N4O/c1-4-18-8-6-12(7-9-18)17-13-11(3)14(19-5-2)16-10-15-13/h10,12H,4-9H2,1-3H3,(H,15,16,17). The minimum absolute atomic E-state index is 0.505. The van der Waals surface area contributed by atoms with Crippen molar-refractivity contribution in [2.45, 2.75) is 39.7 Å². The number of rotatable bonds is 5. The smallest absolute Gasteiger partial charge is 0.221 e. The molecule has 1 aliphatic rings. The third-order valence-electron chi connectivity index (χ3n) is 3.69. The molecule has 19 heavy (non-hydrogen) atoms. The lowest BCUT2D eigenvalue weighted by Gasteiger charge is -2.32. The van der Waals surface area contributed by atoms with Gasteiger partial charge in [-0.2, -0.15) is 0 Å². The zero-order chi connectivity index (χ0) is 13.7. The molecule has 0 amide bonds. The van der Waals surface area contributed by atoms with Gasteiger partial charge in [0.05, 0.1) is 12.2 Å². The molecule has 1 fully saturated rings. The quantitative estimate of drug-likeness (QED) is 0.882. The first-order valence-electron chi connectivity index (χ1n) is 7.17. The first-order valence-corrected chi connectivity index (χ1v) is 7.17. The van der Waals surface area contributed by atoms with Crippen LogP contribution in [0.3, 0.4) is 0 Å². The van der Waals surface area contributed by atoms with E-state index in [1.54, 1.807) is 6.33 Å². The second-order valence-electron chi connectivity index (χ2n) is 4.94. The molecule has 1 aromatic heterocycles. The molecule has 1 saturated heterocycles. The van der Waals surface area contributed by atoms with E-state index in [2.05, 4.69) is 27.1 Å². The predicted octanol–water partition coefficient (Wildman–Crippen LogP) is 2.08. The van der Waals surface area contributed by atoms with E-state index in [0.717, 1.165) is 31.0 Å². The minimum atomic E-state index is 0.505. The molecule has 2 heterocycles. The number of aromatic nitrogens is 2. The molecule has 5 nitrogen and oxygen atoms in total. The predicted molar refractivity (Wildman–Crippen MR) is 76.7 cm³/mol. The van der Waals surface area contributed by atoms with Crippen molar-refractivity contribution in [2.75, 3.05) is 31.6 Å². The summed E-state index contributed by atoms with van der Waals surface area (Å²) in [6.07, 6.45) is 3.91. The van der Waals surface area contributed by atoms with E-state index in [1.807, 2.05) is 13.8 Å². The highest BCUT2D eigenvalue weighted by Crippen LogP contribution is 2.23. The Morgan fingerprint density at radius 3 is 2.68 bits per heavy atom. The summed E-state index contributed by atoms with van der Waals surface area (Å²) < 4.78 is 5.50. The van der Waals surface area contributed by atoms with Gasteiger partial charge in [-0.05, 0) is 33.2 Å². The van der Waals surface area contributed by atoms with Crippen LogP contribution in [0.15, 0.2) is 6.33 Å². The van der Waals surface area contributed by atoms with Gasteiger partial charge in [-0.1, -0.05) is 6.92 Å². The normalized spacial score (nSPS) is 17.4. The maximum atomic E-state index is 5.50. The number of ether oxygens (including phenoxy) is 1. The highest BCUT2D eigenvalue weighted by atomic mass is 16.5. The summed E-state index contributed by atoms with van der Waals surface area (Å²) >= 11 is 0. The molecular weight excluding hydrogens is 240 g/mol. The molecule has 1 aromatic rings. The fourth-order valence-electron chi connectivity index (χ4n) is 2.45. The summed E-state index contributed by atoms with van der Waals surface area (Å²) in [5.41, 5.74) is 1.00. The van der Waals surface area contributed by atoms with Gasteiger partial charge in [-0.15, -0.1) is 0 Å². The summed E-state index contributed by atoms with van der Waals surface area (Å²) in [7, 11) is 0. The highest BCUT2D eigenvalue weighted by molar-refractivity contribution is 5.48. The van der Waals surface area contributed by atoms with Crippen molar-refractivity contribution in [1.82, 2.24) is 14.9 Å². The van der Waals surface area contributed by atoms with Gasteiger partial charge in [0.1, 0.15) is 12.1 Å². The van der Waals surface area contributed by atoms with Crippen LogP contribution >= 0.6 is 0 Å². The van der Waals surface area contributed by atoms with Crippen molar-refractivity contribution in [3.8, 4) is 5.88 Å². The molecular formula is C14H24N4O. The fourth-order valence-corrected chi connectivity index (χ4v) is 2.45. The second kappa shape index (κ2) is 6.70. The summed E-state index contributed by atoms with van der Waals surface area (Å²) in [5.74, 6) is 1.60. The van der Waals surface area contributed by atoms with Crippen molar-refractivity contribution in [3.05, 3.63) is 11.9 Å². The van der Waals surface area contributed by atoms with Crippen LogP contribution in [0.4, 0.5) is 5.82 Å². The fraction of sp³-hybridized carbons (Fsp3) is 0.714. The van der Waals surface area contributed by atoms with Gasteiger partial charge >= 0.3 is 0 Å². The average molecular weight is 264 g/mol. The molecule has 0 saturated carbocycles. The maximum absolute atomic E-state index is 5.50. The topological polar surface area (TPSA) is 50.3 Å². The van der Waals surface area contributed by atoms with E-state index in [0.29, 0.717) is 18.5 Å².